The highest BCUT2D eigenvalue weighted by Gasteiger charge is 2.23. The van der Waals surface area contributed by atoms with E-state index in [1.165, 1.54) is 12.1 Å². The molecular formula is C19H30N5O5P. The zero-order valence-electron chi connectivity index (χ0n) is 17.5. The molecule has 1 aliphatic rings. The summed E-state index contributed by atoms with van der Waals surface area (Å²) in [6, 6.07) is 0. The highest BCUT2D eigenvalue weighted by atomic mass is 31.2. The van der Waals surface area contributed by atoms with Gasteiger partial charge in [0.25, 0.3) is 0 Å². The van der Waals surface area contributed by atoms with Gasteiger partial charge in [-0.1, -0.05) is 0 Å². The van der Waals surface area contributed by atoms with Crippen molar-refractivity contribution in [2.45, 2.75) is 58.5 Å². The van der Waals surface area contributed by atoms with E-state index in [1.54, 1.807) is 26.3 Å². The van der Waals surface area contributed by atoms with Gasteiger partial charge >= 0.3 is 7.60 Å². The Morgan fingerprint density at radius 2 is 2.10 bits per heavy atom. The molecule has 3 rings (SSSR count). The zero-order valence-corrected chi connectivity index (χ0v) is 18.4. The van der Waals surface area contributed by atoms with Crippen molar-refractivity contribution in [3.8, 4) is 0 Å². The Bertz CT molecular complexity index is 873. The van der Waals surface area contributed by atoms with E-state index in [-0.39, 0.29) is 12.4 Å². The molecule has 2 aromatic heterocycles. The van der Waals surface area contributed by atoms with Crippen LogP contribution in [0.2, 0.25) is 0 Å². The van der Waals surface area contributed by atoms with Crippen molar-refractivity contribution in [1.29, 1.82) is 0 Å². The van der Waals surface area contributed by atoms with Gasteiger partial charge in [0.05, 0.1) is 25.6 Å². The first kappa shape index (κ1) is 22.8. The average Bonchev–Trinajstić information content (AvgIpc) is 3.16. The number of hydrogen-bond donors (Lipinski definition) is 1. The Balaban J connectivity index is 1.73. The number of aromatic nitrogens is 4. The summed E-state index contributed by atoms with van der Waals surface area (Å²) in [6.45, 7) is 5.40. The van der Waals surface area contributed by atoms with Crippen LogP contribution in [0.25, 0.3) is 11.2 Å². The van der Waals surface area contributed by atoms with E-state index < -0.39 is 7.60 Å². The highest BCUT2D eigenvalue weighted by Crippen LogP contribution is 2.49. The quantitative estimate of drug-likeness (QED) is 0.524. The molecule has 0 aromatic carbocycles. The number of fused-ring (bicyclic) bond motifs is 1. The molecule has 0 saturated carbocycles. The normalized spacial score (nSPS) is 18.9. The largest absolute Gasteiger partial charge is 0.382 e. The minimum Gasteiger partial charge on any atom is -0.382 e. The predicted molar refractivity (Wildman–Crippen MR) is 113 cm³/mol. The van der Waals surface area contributed by atoms with Crippen molar-refractivity contribution in [2.75, 3.05) is 25.6 Å². The lowest BCUT2D eigenvalue weighted by atomic mass is 10.2. The lowest BCUT2D eigenvalue weighted by molar-refractivity contribution is -0.179. The van der Waals surface area contributed by atoms with Crippen molar-refractivity contribution in [3.63, 3.8) is 0 Å². The summed E-state index contributed by atoms with van der Waals surface area (Å²) >= 11 is 0. The van der Waals surface area contributed by atoms with Gasteiger partial charge < -0.3 is 28.8 Å². The van der Waals surface area contributed by atoms with Gasteiger partial charge in [-0.2, -0.15) is 0 Å². The molecule has 0 amide bonds. The molecule has 1 aliphatic heterocycles. The van der Waals surface area contributed by atoms with Crippen LogP contribution < -0.4 is 5.73 Å². The summed E-state index contributed by atoms with van der Waals surface area (Å²) < 4.78 is 37.2. The fourth-order valence-corrected chi connectivity index (χ4v) is 4.61. The molecule has 10 nitrogen and oxygen atoms in total. The fraction of sp³-hybridized carbons (Fsp3) is 0.632. The van der Waals surface area contributed by atoms with Crippen molar-refractivity contribution >= 4 is 24.6 Å². The Morgan fingerprint density at radius 1 is 1.30 bits per heavy atom. The second-order valence-electron chi connectivity index (χ2n) is 6.85. The van der Waals surface area contributed by atoms with Gasteiger partial charge in [-0.3, -0.25) is 4.57 Å². The van der Waals surface area contributed by atoms with E-state index >= 15 is 0 Å². The van der Waals surface area contributed by atoms with E-state index in [4.69, 9.17) is 24.3 Å². The molecule has 1 fully saturated rings. The molecular weight excluding hydrogens is 409 g/mol. The first-order valence-electron chi connectivity index (χ1n) is 10.3. The van der Waals surface area contributed by atoms with Crippen LogP contribution in [-0.4, -0.2) is 51.7 Å². The molecule has 166 valence electrons. The summed E-state index contributed by atoms with van der Waals surface area (Å²) in [7, 11) is -3.31. The van der Waals surface area contributed by atoms with Gasteiger partial charge in [0.2, 0.25) is 0 Å². The lowest BCUT2D eigenvalue weighted by Crippen LogP contribution is -2.27. The van der Waals surface area contributed by atoms with E-state index in [0.29, 0.717) is 49.8 Å². The lowest BCUT2D eigenvalue weighted by Gasteiger charge is -2.26. The molecule has 11 heteroatoms. The summed E-state index contributed by atoms with van der Waals surface area (Å²) in [5, 5.41) is 0. The number of anilines is 1. The van der Waals surface area contributed by atoms with Crippen molar-refractivity contribution in [3.05, 3.63) is 24.5 Å². The summed E-state index contributed by atoms with van der Waals surface area (Å²) in [5.41, 5.74) is 7.09. The molecule has 2 atom stereocenters. The number of nitrogens with zero attached hydrogens (tertiary/aromatic N) is 4. The third-order valence-electron chi connectivity index (χ3n) is 4.65. The van der Waals surface area contributed by atoms with Crippen LogP contribution >= 0.6 is 7.60 Å². The SMILES string of the molecule is CCOP(=O)(C=C[C@H](CCn1cnc2c(N)ncnc21)O[C@@H]1CCCCO1)OCC. The molecule has 1 saturated heterocycles. The molecule has 30 heavy (non-hydrogen) atoms. The molecule has 0 bridgehead atoms. The molecule has 0 aliphatic carbocycles. The Labute approximate surface area is 176 Å². The van der Waals surface area contributed by atoms with Gasteiger partial charge in [-0.15, -0.1) is 0 Å². The van der Waals surface area contributed by atoms with Crippen LogP contribution in [0.4, 0.5) is 5.82 Å². The van der Waals surface area contributed by atoms with Crippen LogP contribution in [0.3, 0.4) is 0 Å². The maximum absolute atomic E-state index is 12.8. The van der Waals surface area contributed by atoms with E-state index in [0.717, 1.165) is 19.3 Å². The number of nitrogen functional groups attached to an aromatic ring is 1. The van der Waals surface area contributed by atoms with Gasteiger partial charge in [0.1, 0.15) is 11.8 Å². The third kappa shape index (κ3) is 6.09. The second kappa shape index (κ2) is 11.0. The zero-order chi connectivity index (χ0) is 21.4. The topological polar surface area (TPSA) is 124 Å². The van der Waals surface area contributed by atoms with Gasteiger partial charge in [-0.05, 0) is 45.6 Å². The van der Waals surface area contributed by atoms with Crippen molar-refractivity contribution in [1.82, 2.24) is 19.5 Å². The smallest absolute Gasteiger partial charge is 0.353 e. The number of nitrogens with two attached hydrogens (primary N) is 1. The molecule has 0 radical (unpaired) electrons. The van der Waals surface area contributed by atoms with Crippen molar-refractivity contribution < 1.29 is 23.1 Å². The molecule has 0 unspecified atom stereocenters. The fourth-order valence-electron chi connectivity index (χ4n) is 3.24. The minimum atomic E-state index is -3.31. The summed E-state index contributed by atoms with van der Waals surface area (Å²) in [6.07, 6.45) is 7.71. The Hall–Kier alpha value is -1.84. The highest BCUT2D eigenvalue weighted by molar-refractivity contribution is 7.57. The maximum Gasteiger partial charge on any atom is 0.353 e. The minimum absolute atomic E-state index is 0.288. The maximum atomic E-state index is 12.8. The summed E-state index contributed by atoms with van der Waals surface area (Å²) in [5.74, 6) is 1.83. The number of hydrogen-bond acceptors (Lipinski definition) is 9. The Kier molecular flexibility index (Phi) is 8.35. The monoisotopic (exact) mass is 439 g/mol. The van der Waals surface area contributed by atoms with Gasteiger partial charge in [-0.25, -0.2) is 15.0 Å². The predicted octanol–water partition coefficient (Wildman–Crippen LogP) is 3.49. The summed E-state index contributed by atoms with van der Waals surface area (Å²) in [4.78, 5) is 12.5. The van der Waals surface area contributed by atoms with Crippen LogP contribution in [0.5, 0.6) is 0 Å². The Morgan fingerprint density at radius 3 is 2.80 bits per heavy atom. The van der Waals surface area contributed by atoms with Crippen LogP contribution in [0.1, 0.15) is 39.5 Å². The first-order valence-corrected chi connectivity index (χ1v) is 11.9. The number of imidazole rings is 1. The van der Waals surface area contributed by atoms with Crippen LogP contribution in [0, 0.1) is 0 Å². The van der Waals surface area contributed by atoms with Crippen LogP contribution in [-0.2, 0) is 29.6 Å². The van der Waals surface area contributed by atoms with Crippen LogP contribution in [0.15, 0.2) is 24.5 Å². The number of aryl methyl sites for hydroxylation is 1. The van der Waals surface area contributed by atoms with Crippen molar-refractivity contribution in [2.24, 2.45) is 0 Å². The third-order valence-corrected chi connectivity index (χ3v) is 6.42. The molecule has 0 spiro atoms. The molecule has 2 aromatic rings. The average molecular weight is 439 g/mol. The number of rotatable bonds is 11. The molecule has 3 heterocycles. The van der Waals surface area contributed by atoms with Gasteiger partial charge in [0, 0.05) is 19.0 Å². The van der Waals surface area contributed by atoms with Gasteiger partial charge in [0.15, 0.2) is 17.8 Å². The first-order chi connectivity index (χ1) is 14.5. The van der Waals surface area contributed by atoms with E-state index in [1.807, 2.05) is 4.57 Å². The second-order valence-corrected chi connectivity index (χ2v) is 8.74. The number of ether oxygens (including phenoxy) is 2. The standard InChI is InChI=1S/C19H30N5O5P/c1-3-27-30(25,28-4-2)12-9-15(29-16-7-5-6-11-26-16)8-10-24-14-23-17-18(20)21-13-22-19(17)24/h9,12-16H,3-8,10-11H2,1-2H3,(H2,20,21,22)/t15-,16+/m0/s1. The van der Waals surface area contributed by atoms with E-state index in [9.17, 15) is 4.57 Å². The molecule has 2 N–H and O–H groups in total. The van der Waals surface area contributed by atoms with E-state index in [2.05, 4.69) is 15.0 Å².